The van der Waals surface area contributed by atoms with Gasteiger partial charge in [-0.05, 0) is 31.0 Å². The van der Waals surface area contributed by atoms with Crippen molar-refractivity contribution in [2.45, 2.75) is 12.8 Å². The highest BCUT2D eigenvalue weighted by Gasteiger charge is 2.22. The van der Waals surface area contributed by atoms with E-state index in [-0.39, 0.29) is 5.92 Å². The predicted octanol–water partition coefficient (Wildman–Crippen LogP) is 3.09. The summed E-state index contributed by atoms with van der Waals surface area (Å²) in [6.07, 6.45) is 2.02. The van der Waals surface area contributed by atoms with Crippen LogP contribution >= 0.6 is 11.6 Å². The highest BCUT2D eigenvalue weighted by molar-refractivity contribution is 6.30. The zero-order valence-electron chi connectivity index (χ0n) is 9.82. The van der Waals surface area contributed by atoms with E-state index in [2.05, 4.69) is 11.0 Å². The molecule has 90 valence electrons. The first-order valence-electron chi connectivity index (χ1n) is 5.72. The van der Waals surface area contributed by atoms with Crippen LogP contribution in [0.25, 0.3) is 0 Å². The van der Waals surface area contributed by atoms with Crippen molar-refractivity contribution in [2.75, 3.05) is 25.1 Å². The van der Waals surface area contributed by atoms with Crippen molar-refractivity contribution in [2.24, 2.45) is 5.92 Å². The van der Waals surface area contributed by atoms with Crippen molar-refractivity contribution in [3.8, 4) is 11.8 Å². The van der Waals surface area contributed by atoms with Gasteiger partial charge in [-0.3, -0.25) is 0 Å². The summed E-state index contributed by atoms with van der Waals surface area (Å²) in [4.78, 5) is 2.18. The Morgan fingerprint density at radius 3 is 3.06 bits per heavy atom. The van der Waals surface area contributed by atoms with Crippen LogP contribution in [0.3, 0.4) is 0 Å². The smallest absolute Gasteiger partial charge is 0.142 e. The monoisotopic (exact) mass is 250 g/mol. The summed E-state index contributed by atoms with van der Waals surface area (Å²) in [7, 11) is 1.65. The van der Waals surface area contributed by atoms with Gasteiger partial charge < -0.3 is 9.64 Å². The zero-order chi connectivity index (χ0) is 12.3. The molecule has 2 rings (SSSR count). The molecular weight excluding hydrogens is 236 g/mol. The number of anilines is 1. The van der Waals surface area contributed by atoms with Crippen molar-refractivity contribution in [1.29, 1.82) is 5.26 Å². The molecule has 0 N–H and O–H groups in total. The lowest BCUT2D eigenvalue weighted by Crippen LogP contribution is -2.35. The average Bonchev–Trinajstić information content (AvgIpc) is 2.39. The number of nitrogens with zero attached hydrogens (tertiary/aromatic N) is 2. The van der Waals surface area contributed by atoms with Gasteiger partial charge in [0.25, 0.3) is 0 Å². The molecule has 1 heterocycles. The molecular formula is C13H15ClN2O. The average molecular weight is 251 g/mol. The fourth-order valence-electron chi connectivity index (χ4n) is 2.21. The van der Waals surface area contributed by atoms with Crippen molar-refractivity contribution >= 4 is 17.3 Å². The molecule has 1 fully saturated rings. The molecule has 1 unspecified atom stereocenters. The molecule has 4 heteroatoms. The molecule has 0 aromatic heterocycles. The summed E-state index contributed by atoms with van der Waals surface area (Å²) in [5.74, 6) is 0.917. The Bertz CT molecular complexity index is 442. The third-order valence-electron chi connectivity index (χ3n) is 3.09. The largest absolute Gasteiger partial charge is 0.495 e. The summed E-state index contributed by atoms with van der Waals surface area (Å²) in [6, 6.07) is 7.93. The Balaban J connectivity index is 2.26. The fraction of sp³-hybridized carbons (Fsp3) is 0.462. The zero-order valence-corrected chi connectivity index (χ0v) is 10.6. The Hall–Kier alpha value is -1.40. The van der Waals surface area contributed by atoms with Crippen LogP contribution in [0.2, 0.25) is 5.02 Å². The number of hydrogen-bond acceptors (Lipinski definition) is 3. The van der Waals surface area contributed by atoms with Crippen molar-refractivity contribution in [3.05, 3.63) is 23.2 Å². The molecule has 1 aliphatic heterocycles. The van der Waals surface area contributed by atoms with Crippen LogP contribution in [0.5, 0.6) is 5.75 Å². The van der Waals surface area contributed by atoms with E-state index in [0.717, 1.165) is 37.4 Å². The van der Waals surface area contributed by atoms with Crippen LogP contribution in [0.4, 0.5) is 5.69 Å². The third-order valence-corrected chi connectivity index (χ3v) is 3.32. The van der Waals surface area contributed by atoms with Gasteiger partial charge in [0.05, 0.1) is 24.8 Å². The minimum atomic E-state index is 0.104. The van der Waals surface area contributed by atoms with Crippen LogP contribution in [0.1, 0.15) is 12.8 Å². The highest BCUT2D eigenvalue weighted by Crippen LogP contribution is 2.33. The second-order valence-electron chi connectivity index (χ2n) is 4.23. The Kier molecular flexibility index (Phi) is 3.75. The minimum Gasteiger partial charge on any atom is -0.495 e. The van der Waals surface area contributed by atoms with Crippen molar-refractivity contribution in [1.82, 2.24) is 0 Å². The van der Waals surface area contributed by atoms with E-state index in [1.165, 1.54) is 0 Å². The summed E-state index contributed by atoms with van der Waals surface area (Å²) in [5.41, 5.74) is 0.986. The SMILES string of the molecule is COc1ccc(Cl)cc1N1CCCC(C#N)C1. The molecule has 1 saturated heterocycles. The van der Waals surface area contributed by atoms with Crippen LogP contribution in [-0.2, 0) is 0 Å². The first-order valence-corrected chi connectivity index (χ1v) is 6.10. The summed E-state index contributed by atoms with van der Waals surface area (Å²) < 4.78 is 5.34. The molecule has 0 aliphatic carbocycles. The summed E-state index contributed by atoms with van der Waals surface area (Å²) >= 11 is 6.02. The minimum absolute atomic E-state index is 0.104. The number of ether oxygens (including phenoxy) is 1. The van der Waals surface area contributed by atoms with Gasteiger partial charge in [-0.25, -0.2) is 0 Å². The molecule has 0 spiro atoms. The van der Waals surface area contributed by atoms with Gasteiger partial charge >= 0.3 is 0 Å². The standard InChI is InChI=1S/C13H15ClN2O/c1-17-13-5-4-11(14)7-12(13)16-6-2-3-10(8-15)9-16/h4-5,7,10H,2-3,6,9H2,1H3. The topological polar surface area (TPSA) is 36.3 Å². The molecule has 1 aliphatic rings. The Morgan fingerprint density at radius 2 is 2.35 bits per heavy atom. The molecule has 17 heavy (non-hydrogen) atoms. The maximum absolute atomic E-state index is 9.00. The van der Waals surface area contributed by atoms with Gasteiger partial charge in [0, 0.05) is 18.1 Å². The molecule has 1 atom stereocenters. The van der Waals surface area contributed by atoms with Crippen LogP contribution in [-0.4, -0.2) is 20.2 Å². The Morgan fingerprint density at radius 1 is 1.53 bits per heavy atom. The second-order valence-corrected chi connectivity index (χ2v) is 4.67. The molecule has 3 nitrogen and oxygen atoms in total. The maximum atomic E-state index is 9.00. The normalized spacial score (nSPS) is 19.8. The van der Waals surface area contributed by atoms with Crippen LogP contribution < -0.4 is 9.64 Å². The van der Waals surface area contributed by atoms with E-state index >= 15 is 0 Å². The number of halogens is 1. The molecule has 0 bridgehead atoms. The number of methoxy groups -OCH3 is 1. The first kappa shape index (κ1) is 12.1. The van der Waals surface area contributed by atoms with E-state index in [1.54, 1.807) is 7.11 Å². The third kappa shape index (κ3) is 2.65. The van der Waals surface area contributed by atoms with Gasteiger partial charge in [0.15, 0.2) is 0 Å². The lowest BCUT2D eigenvalue weighted by molar-refractivity contribution is 0.410. The van der Waals surface area contributed by atoms with E-state index < -0.39 is 0 Å². The van der Waals surface area contributed by atoms with E-state index in [9.17, 15) is 0 Å². The van der Waals surface area contributed by atoms with E-state index in [0.29, 0.717) is 5.02 Å². The molecule has 0 radical (unpaired) electrons. The van der Waals surface area contributed by atoms with E-state index in [1.807, 2.05) is 18.2 Å². The maximum Gasteiger partial charge on any atom is 0.142 e. The number of benzene rings is 1. The summed E-state index contributed by atoms with van der Waals surface area (Å²) in [6.45, 7) is 1.71. The van der Waals surface area contributed by atoms with E-state index in [4.69, 9.17) is 21.6 Å². The number of rotatable bonds is 2. The molecule has 1 aromatic carbocycles. The van der Waals surface area contributed by atoms with Gasteiger partial charge in [0.1, 0.15) is 5.75 Å². The summed E-state index contributed by atoms with van der Waals surface area (Å²) in [5, 5.41) is 9.70. The van der Waals surface area contributed by atoms with Crippen molar-refractivity contribution in [3.63, 3.8) is 0 Å². The molecule has 0 saturated carbocycles. The van der Waals surface area contributed by atoms with Gasteiger partial charge in [-0.15, -0.1) is 0 Å². The van der Waals surface area contributed by atoms with Gasteiger partial charge in [0.2, 0.25) is 0 Å². The fourth-order valence-corrected chi connectivity index (χ4v) is 2.38. The van der Waals surface area contributed by atoms with Crippen LogP contribution in [0.15, 0.2) is 18.2 Å². The molecule has 0 amide bonds. The highest BCUT2D eigenvalue weighted by atomic mass is 35.5. The van der Waals surface area contributed by atoms with Crippen LogP contribution in [0, 0.1) is 17.2 Å². The first-order chi connectivity index (χ1) is 8.24. The lowest BCUT2D eigenvalue weighted by Gasteiger charge is -2.32. The predicted molar refractivity (Wildman–Crippen MR) is 68.6 cm³/mol. The van der Waals surface area contributed by atoms with Crippen molar-refractivity contribution < 1.29 is 4.74 Å². The lowest BCUT2D eigenvalue weighted by atomic mass is 9.99. The second kappa shape index (κ2) is 5.29. The van der Waals surface area contributed by atoms with Gasteiger partial charge in [-0.1, -0.05) is 11.6 Å². The number of piperidine rings is 1. The quantitative estimate of drug-likeness (QED) is 0.809. The number of hydrogen-bond donors (Lipinski definition) is 0. The molecule has 1 aromatic rings. The Labute approximate surface area is 107 Å². The van der Waals surface area contributed by atoms with Gasteiger partial charge in [-0.2, -0.15) is 5.26 Å². The number of nitriles is 1.